The number of amides is 1. The van der Waals surface area contributed by atoms with Crippen molar-refractivity contribution in [1.82, 2.24) is 19.4 Å². The highest BCUT2D eigenvalue weighted by Gasteiger charge is 2.24. The fourth-order valence-corrected chi connectivity index (χ4v) is 4.17. The molecule has 0 bridgehead atoms. The van der Waals surface area contributed by atoms with E-state index in [2.05, 4.69) is 66.5 Å². The summed E-state index contributed by atoms with van der Waals surface area (Å²) in [6, 6.07) is 5.98. The van der Waals surface area contributed by atoms with Gasteiger partial charge in [0.25, 0.3) is 5.91 Å². The van der Waals surface area contributed by atoms with E-state index in [1.165, 1.54) is 0 Å². The number of carbonyl (C=O) groups excluding carboxylic acids is 1. The highest BCUT2D eigenvalue weighted by atomic mass is 16.5. The Morgan fingerprint density at radius 1 is 1.20 bits per heavy atom. The number of carbonyl (C=O) groups is 1. The van der Waals surface area contributed by atoms with Crippen molar-refractivity contribution in [3.05, 3.63) is 90.1 Å². The lowest BCUT2D eigenvalue weighted by atomic mass is 9.96. The van der Waals surface area contributed by atoms with Gasteiger partial charge in [-0.1, -0.05) is 18.7 Å². The maximum Gasteiger partial charge on any atom is 0.275 e. The zero-order valence-electron chi connectivity index (χ0n) is 21.3. The number of ether oxygens (including phenoxy) is 1. The normalized spacial score (nSPS) is 17.0. The number of imidazole rings is 1. The molecule has 1 aromatic carbocycles. The Kier molecular flexibility index (Phi) is 6.98. The van der Waals surface area contributed by atoms with E-state index in [1.54, 1.807) is 12.5 Å². The number of benzene rings is 1. The first-order valence-electron chi connectivity index (χ1n) is 12.0. The molecule has 1 saturated heterocycles. The van der Waals surface area contributed by atoms with E-state index in [9.17, 15) is 4.79 Å². The molecule has 2 aliphatic heterocycles. The molecule has 7 nitrogen and oxygen atoms in total. The van der Waals surface area contributed by atoms with Gasteiger partial charge in [-0.25, -0.2) is 4.98 Å². The number of rotatable bonds is 5. The summed E-state index contributed by atoms with van der Waals surface area (Å²) in [5.41, 5.74) is 5.11. The van der Waals surface area contributed by atoms with Crippen LogP contribution in [0.4, 0.5) is 5.69 Å². The van der Waals surface area contributed by atoms with E-state index in [-0.39, 0.29) is 11.4 Å². The smallest absolute Gasteiger partial charge is 0.275 e. The molecule has 0 atom stereocenters. The summed E-state index contributed by atoms with van der Waals surface area (Å²) < 4.78 is 7.50. The van der Waals surface area contributed by atoms with E-state index in [0.29, 0.717) is 18.9 Å². The van der Waals surface area contributed by atoms with Crippen molar-refractivity contribution in [2.45, 2.75) is 40.2 Å². The molecule has 0 aliphatic carbocycles. The summed E-state index contributed by atoms with van der Waals surface area (Å²) in [7, 11) is 0. The van der Waals surface area contributed by atoms with Crippen molar-refractivity contribution in [2.75, 3.05) is 31.6 Å². The van der Waals surface area contributed by atoms with Gasteiger partial charge in [0, 0.05) is 42.4 Å². The Morgan fingerprint density at radius 2 is 1.94 bits per heavy atom. The fourth-order valence-electron chi connectivity index (χ4n) is 4.17. The minimum absolute atomic E-state index is 0.135. The second-order valence-electron chi connectivity index (χ2n) is 9.87. The number of allylic oxidation sites excluding steroid dienone is 4. The third-order valence-corrected chi connectivity index (χ3v) is 6.19. The molecular weight excluding hydrogens is 438 g/mol. The lowest BCUT2D eigenvalue weighted by Crippen LogP contribution is -2.40. The second kappa shape index (κ2) is 9.96. The van der Waals surface area contributed by atoms with Gasteiger partial charge in [-0.2, -0.15) is 0 Å². The van der Waals surface area contributed by atoms with Crippen LogP contribution >= 0.6 is 0 Å². The van der Waals surface area contributed by atoms with Crippen LogP contribution in [0.3, 0.4) is 0 Å². The lowest BCUT2D eigenvalue weighted by Gasteiger charge is -2.38. The number of aryl methyl sites for hydroxylation is 1. The molecule has 4 rings (SSSR count). The van der Waals surface area contributed by atoms with E-state index >= 15 is 0 Å². The highest BCUT2D eigenvalue weighted by Crippen LogP contribution is 2.33. The van der Waals surface area contributed by atoms with E-state index in [4.69, 9.17) is 4.74 Å². The van der Waals surface area contributed by atoms with E-state index in [1.807, 2.05) is 42.0 Å². The molecule has 0 unspecified atom stereocenters. The quantitative estimate of drug-likeness (QED) is 0.653. The number of morpholine rings is 1. The van der Waals surface area contributed by atoms with Crippen molar-refractivity contribution in [3.63, 3.8) is 0 Å². The number of aromatic nitrogens is 2. The average molecular weight is 474 g/mol. The van der Waals surface area contributed by atoms with Crippen molar-refractivity contribution in [2.24, 2.45) is 0 Å². The van der Waals surface area contributed by atoms with Crippen LogP contribution in [0.25, 0.3) is 5.57 Å². The van der Waals surface area contributed by atoms with E-state index < -0.39 is 0 Å². The number of hydrogen-bond acceptors (Lipinski definition) is 5. The first-order chi connectivity index (χ1) is 16.7. The monoisotopic (exact) mass is 473 g/mol. The molecule has 1 aromatic heterocycles. The van der Waals surface area contributed by atoms with Crippen LogP contribution < -0.4 is 5.32 Å². The summed E-state index contributed by atoms with van der Waals surface area (Å²) in [5, 5.41) is 3.01. The lowest BCUT2D eigenvalue weighted by molar-refractivity contribution is 0.0444. The molecular formula is C28H35N5O2. The standard InChI is InChI=1S/C28H35N5O2/c1-7-10-33-21(3)15-22(16-26(33)31-11-13-35-14-12-31)24-17-23(9-8-20(24)2)30-27(34)25-18-32(19-29-25)28(4,5)6/h7-10,15-19H,3,11-14H2,1-2,4-6H3,(H,30,34)/b10-7-. The van der Waals surface area contributed by atoms with Crippen LogP contribution in [-0.4, -0.2) is 51.6 Å². The number of anilines is 1. The van der Waals surface area contributed by atoms with Gasteiger partial charge in [0.15, 0.2) is 0 Å². The molecule has 2 aromatic rings. The molecule has 1 N–H and O–H groups in total. The Hall–Kier alpha value is -3.58. The van der Waals surface area contributed by atoms with Crippen LogP contribution in [-0.2, 0) is 10.3 Å². The van der Waals surface area contributed by atoms with Crippen LogP contribution in [0.2, 0.25) is 0 Å². The number of nitrogens with one attached hydrogen (secondary N) is 1. The van der Waals surface area contributed by atoms with Crippen LogP contribution in [0, 0.1) is 6.92 Å². The van der Waals surface area contributed by atoms with Gasteiger partial charge in [-0.05, 0) is 75.6 Å². The Bertz CT molecular complexity index is 1210. The predicted octanol–water partition coefficient (Wildman–Crippen LogP) is 5.12. The van der Waals surface area contributed by atoms with Crippen molar-refractivity contribution >= 4 is 17.2 Å². The predicted molar refractivity (Wildman–Crippen MR) is 141 cm³/mol. The van der Waals surface area contributed by atoms with Gasteiger partial charge in [0.1, 0.15) is 11.5 Å². The average Bonchev–Trinajstić information content (AvgIpc) is 3.33. The molecule has 0 radical (unpaired) electrons. The summed E-state index contributed by atoms with van der Waals surface area (Å²) in [6.07, 6.45) is 11.8. The second-order valence-corrected chi connectivity index (χ2v) is 9.87. The molecule has 184 valence electrons. The van der Waals surface area contributed by atoms with Gasteiger partial charge >= 0.3 is 0 Å². The Labute approximate surface area is 208 Å². The molecule has 1 amide bonds. The minimum Gasteiger partial charge on any atom is -0.378 e. The Balaban J connectivity index is 1.62. The van der Waals surface area contributed by atoms with Crippen molar-refractivity contribution < 1.29 is 9.53 Å². The highest BCUT2D eigenvalue weighted by molar-refractivity contribution is 6.03. The summed E-state index contributed by atoms with van der Waals surface area (Å²) in [5.74, 6) is 0.851. The van der Waals surface area contributed by atoms with Crippen molar-refractivity contribution in [1.29, 1.82) is 0 Å². The zero-order chi connectivity index (χ0) is 25.2. The third kappa shape index (κ3) is 5.41. The maximum absolute atomic E-state index is 12.9. The van der Waals surface area contributed by atoms with Gasteiger partial charge < -0.3 is 24.4 Å². The van der Waals surface area contributed by atoms with Crippen LogP contribution in [0.1, 0.15) is 49.3 Å². The van der Waals surface area contributed by atoms with Gasteiger partial charge in [-0.3, -0.25) is 4.79 Å². The van der Waals surface area contributed by atoms with Crippen LogP contribution in [0.5, 0.6) is 0 Å². The number of nitrogens with zero attached hydrogens (tertiary/aromatic N) is 4. The van der Waals surface area contributed by atoms with E-state index in [0.717, 1.165) is 47.0 Å². The first-order valence-corrected chi connectivity index (χ1v) is 12.0. The summed E-state index contributed by atoms with van der Waals surface area (Å²) in [4.78, 5) is 21.6. The molecule has 1 fully saturated rings. The molecule has 0 saturated carbocycles. The largest absolute Gasteiger partial charge is 0.378 e. The topological polar surface area (TPSA) is 62.6 Å². The Morgan fingerprint density at radius 3 is 2.60 bits per heavy atom. The summed E-state index contributed by atoms with van der Waals surface area (Å²) in [6.45, 7) is 17.7. The van der Waals surface area contributed by atoms with Crippen molar-refractivity contribution in [3.8, 4) is 0 Å². The van der Waals surface area contributed by atoms with Gasteiger partial charge in [-0.15, -0.1) is 0 Å². The molecule has 0 spiro atoms. The minimum atomic E-state index is -0.228. The molecule has 35 heavy (non-hydrogen) atoms. The molecule has 2 aliphatic rings. The molecule has 7 heteroatoms. The maximum atomic E-state index is 12.9. The summed E-state index contributed by atoms with van der Waals surface area (Å²) >= 11 is 0. The SMILES string of the molecule is C=C1C=C(c2cc(NC(=O)c3cn(C(C)(C)C)cn3)ccc2C)C=C(N2CCOCC2)N1/C=C\C. The van der Waals surface area contributed by atoms with Gasteiger partial charge in [0.05, 0.1) is 19.5 Å². The molecule has 3 heterocycles. The third-order valence-electron chi connectivity index (χ3n) is 6.19. The number of hydrogen-bond donors (Lipinski definition) is 1. The fraction of sp³-hybridized carbons (Fsp3) is 0.357. The first kappa shape index (κ1) is 24.5. The van der Waals surface area contributed by atoms with Crippen LogP contribution in [0.15, 0.2) is 73.2 Å². The van der Waals surface area contributed by atoms with Gasteiger partial charge in [0.2, 0.25) is 0 Å². The zero-order valence-corrected chi connectivity index (χ0v) is 21.3.